The summed E-state index contributed by atoms with van der Waals surface area (Å²) >= 11 is 0. The van der Waals surface area contributed by atoms with Gasteiger partial charge in [0.15, 0.2) is 0 Å². The van der Waals surface area contributed by atoms with Crippen molar-refractivity contribution in [1.82, 2.24) is 9.88 Å². The van der Waals surface area contributed by atoms with E-state index in [-0.39, 0.29) is 10.6 Å². The first-order chi connectivity index (χ1) is 10.1. The van der Waals surface area contributed by atoms with E-state index in [0.29, 0.717) is 17.5 Å². The Morgan fingerprint density at radius 3 is 2.67 bits per heavy atom. The number of piperidine rings is 1. The van der Waals surface area contributed by atoms with Crippen LogP contribution in [0.25, 0.3) is 10.9 Å². The number of rotatable bonds is 3. The van der Waals surface area contributed by atoms with Crippen molar-refractivity contribution in [3.63, 3.8) is 0 Å². The normalized spacial score (nSPS) is 17.7. The Hall–Kier alpha value is -1.88. The molecule has 5 heteroatoms. The highest BCUT2D eigenvalue weighted by Gasteiger charge is 2.24. The first-order valence-corrected chi connectivity index (χ1v) is 7.56. The smallest absolute Gasteiger partial charge is 0.293 e. The monoisotopic (exact) mass is 287 g/mol. The summed E-state index contributed by atoms with van der Waals surface area (Å²) in [4.78, 5) is 16.6. The quantitative estimate of drug-likeness (QED) is 0.692. The lowest BCUT2D eigenvalue weighted by molar-refractivity contribution is -0.383. The molecule has 2 aromatic rings. The number of para-hydroxylation sites is 1. The van der Waals surface area contributed by atoms with Crippen molar-refractivity contribution in [3.05, 3.63) is 40.1 Å². The van der Waals surface area contributed by atoms with Gasteiger partial charge < -0.3 is 9.88 Å². The van der Waals surface area contributed by atoms with Crippen molar-refractivity contribution in [2.45, 2.75) is 38.6 Å². The number of nitrogens with zero attached hydrogens (tertiary/aromatic N) is 2. The molecule has 0 amide bonds. The second kappa shape index (κ2) is 5.48. The highest BCUT2D eigenvalue weighted by atomic mass is 16.6. The number of hydrogen-bond donors (Lipinski definition) is 1. The van der Waals surface area contributed by atoms with Gasteiger partial charge in [-0.15, -0.1) is 0 Å². The van der Waals surface area contributed by atoms with Crippen molar-refractivity contribution in [3.8, 4) is 0 Å². The average Bonchev–Trinajstić information content (AvgIpc) is 2.90. The molecule has 0 saturated carbocycles. The first kappa shape index (κ1) is 14.1. The number of nitrogens with one attached hydrogen (secondary N) is 1. The minimum Gasteiger partial charge on any atom is -0.353 e. The number of H-pyrrole nitrogens is 1. The van der Waals surface area contributed by atoms with E-state index in [2.05, 4.69) is 29.8 Å². The number of fused-ring (bicyclic) bond motifs is 1. The number of aromatic amines is 1. The van der Waals surface area contributed by atoms with Gasteiger partial charge in [-0.2, -0.15) is 0 Å². The molecule has 0 atom stereocenters. The van der Waals surface area contributed by atoms with Crippen LogP contribution >= 0.6 is 0 Å². The van der Waals surface area contributed by atoms with Crippen LogP contribution < -0.4 is 0 Å². The molecule has 0 spiro atoms. The molecule has 1 fully saturated rings. The number of benzene rings is 1. The van der Waals surface area contributed by atoms with Crippen LogP contribution in [0.3, 0.4) is 0 Å². The van der Waals surface area contributed by atoms with E-state index in [9.17, 15) is 10.1 Å². The largest absolute Gasteiger partial charge is 0.353 e. The van der Waals surface area contributed by atoms with Crippen molar-refractivity contribution in [2.24, 2.45) is 0 Å². The molecule has 1 N–H and O–H groups in total. The molecule has 5 nitrogen and oxygen atoms in total. The molecule has 1 aromatic heterocycles. The molecule has 0 radical (unpaired) electrons. The van der Waals surface area contributed by atoms with Crippen molar-refractivity contribution in [1.29, 1.82) is 0 Å². The van der Waals surface area contributed by atoms with Gasteiger partial charge in [0.1, 0.15) is 5.52 Å². The minimum absolute atomic E-state index is 0.165. The van der Waals surface area contributed by atoms with Crippen LogP contribution in [0.1, 0.15) is 38.3 Å². The lowest BCUT2D eigenvalue weighted by Crippen LogP contribution is -2.37. The third-order valence-corrected chi connectivity index (χ3v) is 4.55. The van der Waals surface area contributed by atoms with E-state index in [1.165, 1.54) is 0 Å². The van der Waals surface area contributed by atoms with E-state index in [1.807, 2.05) is 6.07 Å². The summed E-state index contributed by atoms with van der Waals surface area (Å²) in [5, 5.41) is 12.0. The van der Waals surface area contributed by atoms with E-state index >= 15 is 0 Å². The Bertz CT molecular complexity index is 655. The molecular formula is C16H21N3O2. The first-order valence-electron chi connectivity index (χ1n) is 7.56. The second-order valence-electron chi connectivity index (χ2n) is 6.13. The average molecular weight is 287 g/mol. The standard InChI is InChI=1S/C16H21N3O2/c1-11(2)18-8-6-12(7-9-18)14-10-13-4-3-5-15(19(20)21)16(13)17-14/h3-5,10-12,17H,6-9H2,1-2H3. The van der Waals surface area contributed by atoms with Gasteiger partial charge in [0.2, 0.25) is 0 Å². The molecule has 21 heavy (non-hydrogen) atoms. The lowest BCUT2D eigenvalue weighted by Gasteiger charge is -2.34. The Morgan fingerprint density at radius 1 is 1.33 bits per heavy atom. The molecule has 1 aromatic carbocycles. The molecular weight excluding hydrogens is 266 g/mol. The maximum Gasteiger partial charge on any atom is 0.293 e. The van der Waals surface area contributed by atoms with Crippen LogP contribution in [-0.2, 0) is 0 Å². The maximum absolute atomic E-state index is 11.1. The van der Waals surface area contributed by atoms with Crippen molar-refractivity contribution < 1.29 is 4.92 Å². The molecule has 3 rings (SSSR count). The second-order valence-corrected chi connectivity index (χ2v) is 6.13. The molecule has 1 aliphatic rings. The summed E-state index contributed by atoms with van der Waals surface area (Å²) in [5.41, 5.74) is 1.96. The van der Waals surface area contributed by atoms with Gasteiger partial charge in [0.25, 0.3) is 5.69 Å². The van der Waals surface area contributed by atoms with E-state index in [4.69, 9.17) is 0 Å². The Kier molecular flexibility index (Phi) is 3.68. The van der Waals surface area contributed by atoms with Crippen LogP contribution in [0.5, 0.6) is 0 Å². The van der Waals surface area contributed by atoms with Crippen LogP contribution in [-0.4, -0.2) is 33.9 Å². The number of hydrogen-bond acceptors (Lipinski definition) is 3. The SMILES string of the molecule is CC(C)N1CCC(c2cc3cccc([N+](=O)[O-])c3[nH]2)CC1. The van der Waals surface area contributed by atoms with Gasteiger partial charge in [-0.3, -0.25) is 10.1 Å². The Balaban J connectivity index is 1.86. The summed E-state index contributed by atoms with van der Waals surface area (Å²) in [6.45, 7) is 6.65. The van der Waals surface area contributed by atoms with Crippen molar-refractivity contribution >= 4 is 16.6 Å². The molecule has 1 saturated heterocycles. The molecule has 0 bridgehead atoms. The maximum atomic E-state index is 11.1. The zero-order chi connectivity index (χ0) is 15.0. The number of non-ortho nitro benzene ring substituents is 1. The minimum atomic E-state index is -0.315. The van der Waals surface area contributed by atoms with Crippen LogP contribution in [0, 0.1) is 10.1 Å². The van der Waals surface area contributed by atoms with Gasteiger partial charge in [0.05, 0.1) is 4.92 Å². The third-order valence-electron chi connectivity index (χ3n) is 4.55. The highest BCUT2D eigenvalue weighted by molar-refractivity contribution is 5.88. The summed E-state index contributed by atoms with van der Waals surface area (Å²) < 4.78 is 0. The summed E-state index contributed by atoms with van der Waals surface area (Å²) in [7, 11) is 0. The molecule has 112 valence electrons. The summed E-state index contributed by atoms with van der Waals surface area (Å²) in [5.74, 6) is 0.479. The van der Waals surface area contributed by atoms with Crippen LogP contribution in [0.2, 0.25) is 0 Å². The van der Waals surface area contributed by atoms with Gasteiger partial charge >= 0.3 is 0 Å². The molecule has 0 aliphatic carbocycles. The zero-order valence-corrected chi connectivity index (χ0v) is 12.5. The molecule has 1 aliphatic heterocycles. The fourth-order valence-corrected chi connectivity index (χ4v) is 3.26. The van der Waals surface area contributed by atoms with Crippen molar-refractivity contribution in [2.75, 3.05) is 13.1 Å². The fourth-order valence-electron chi connectivity index (χ4n) is 3.26. The third kappa shape index (κ3) is 2.65. The predicted octanol–water partition coefficient (Wildman–Crippen LogP) is 3.66. The lowest BCUT2D eigenvalue weighted by atomic mass is 9.93. The Labute approximate surface area is 124 Å². The fraction of sp³-hybridized carbons (Fsp3) is 0.500. The van der Waals surface area contributed by atoms with Gasteiger partial charge in [-0.25, -0.2) is 0 Å². The number of likely N-dealkylation sites (tertiary alicyclic amines) is 1. The van der Waals surface area contributed by atoms with Gasteiger partial charge in [-0.1, -0.05) is 12.1 Å². The van der Waals surface area contributed by atoms with Gasteiger partial charge in [0, 0.05) is 29.1 Å². The van der Waals surface area contributed by atoms with E-state index in [0.717, 1.165) is 37.0 Å². The predicted molar refractivity (Wildman–Crippen MR) is 83.6 cm³/mol. The number of nitro benzene ring substituents is 1. The molecule has 2 heterocycles. The van der Waals surface area contributed by atoms with Crippen LogP contribution in [0.4, 0.5) is 5.69 Å². The zero-order valence-electron chi connectivity index (χ0n) is 12.5. The van der Waals surface area contributed by atoms with Gasteiger partial charge in [-0.05, 0) is 45.8 Å². The Morgan fingerprint density at radius 2 is 2.05 bits per heavy atom. The topological polar surface area (TPSA) is 62.2 Å². The van der Waals surface area contributed by atoms with E-state index in [1.54, 1.807) is 12.1 Å². The summed E-state index contributed by atoms with van der Waals surface area (Å²) in [6.07, 6.45) is 2.22. The number of aromatic nitrogens is 1. The highest BCUT2D eigenvalue weighted by Crippen LogP contribution is 2.33. The molecule has 0 unspecified atom stereocenters. The van der Waals surface area contributed by atoms with Crippen LogP contribution in [0.15, 0.2) is 24.3 Å². The number of nitro groups is 1. The summed E-state index contributed by atoms with van der Waals surface area (Å²) in [6, 6.07) is 7.92. The van der Waals surface area contributed by atoms with E-state index < -0.39 is 0 Å².